The van der Waals surface area contributed by atoms with Crippen molar-refractivity contribution in [2.75, 3.05) is 0 Å². The van der Waals surface area contributed by atoms with Crippen LogP contribution in [0.15, 0.2) is 60.7 Å². The van der Waals surface area contributed by atoms with E-state index in [2.05, 4.69) is 36.4 Å². The molecule has 0 bridgehead atoms. The summed E-state index contributed by atoms with van der Waals surface area (Å²) in [4.78, 5) is 0. The molecule has 0 heterocycles. The second-order valence-corrected chi connectivity index (χ2v) is 3.15. The van der Waals surface area contributed by atoms with E-state index in [0.29, 0.717) is 0 Å². The van der Waals surface area contributed by atoms with Gasteiger partial charge in [-0.05, 0) is 11.1 Å². The monoisotopic (exact) mass is 236 g/mol. The fraction of sp³-hybridized carbons (Fsp3) is 0. The second-order valence-electron chi connectivity index (χ2n) is 3.15. The van der Waals surface area contributed by atoms with E-state index in [1.54, 1.807) is 0 Å². The first-order chi connectivity index (χ1) is 6.95. The maximum absolute atomic E-state index is 2.12. The van der Waals surface area contributed by atoms with Crippen molar-refractivity contribution in [1.82, 2.24) is 0 Å². The van der Waals surface area contributed by atoms with Crippen LogP contribution in [0, 0.1) is 0 Å². The minimum Gasteiger partial charge on any atom is -0.0622 e. The molecular formula is C14H12Fe. The molecular weight excluding hydrogens is 224 g/mol. The van der Waals surface area contributed by atoms with Gasteiger partial charge in [-0.3, -0.25) is 0 Å². The van der Waals surface area contributed by atoms with Crippen LogP contribution in [0.3, 0.4) is 0 Å². The van der Waals surface area contributed by atoms with Crippen LogP contribution in [0.25, 0.3) is 12.2 Å². The molecule has 0 aliphatic rings. The predicted molar refractivity (Wildman–Crippen MR) is 61.8 cm³/mol. The summed E-state index contributed by atoms with van der Waals surface area (Å²) in [6.07, 6.45) is 4.24. The molecule has 0 spiro atoms. The van der Waals surface area contributed by atoms with Gasteiger partial charge in [-0.1, -0.05) is 72.8 Å². The van der Waals surface area contributed by atoms with E-state index in [1.807, 2.05) is 36.4 Å². The van der Waals surface area contributed by atoms with E-state index in [1.165, 1.54) is 11.1 Å². The van der Waals surface area contributed by atoms with Crippen molar-refractivity contribution in [3.63, 3.8) is 0 Å². The first-order valence-electron chi connectivity index (χ1n) is 4.73. The SMILES string of the molecule is C(=Cc1ccccc1)c1ccccc1.[Fe]. The molecule has 76 valence electrons. The van der Waals surface area contributed by atoms with Crippen LogP contribution in [0.5, 0.6) is 0 Å². The minimum atomic E-state index is 0. The average molecular weight is 236 g/mol. The zero-order valence-electron chi connectivity index (χ0n) is 8.28. The van der Waals surface area contributed by atoms with E-state index in [9.17, 15) is 0 Å². The first-order valence-corrected chi connectivity index (χ1v) is 4.73. The van der Waals surface area contributed by atoms with E-state index < -0.39 is 0 Å². The summed E-state index contributed by atoms with van der Waals surface area (Å²) in [6, 6.07) is 20.6. The molecule has 0 atom stereocenters. The third-order valence-corrected chi connectivity index (χ3v) is 2.07. The Hall–Kier alpha value is -1.30. The van der Waals surface area contributed by atoms with Crippen LogP contribution in [-0.4, -0.2) is 0 Å². The molecule has 0 radical (unpaired) electrons. The molecule has 1 heteroatoms. The van der Waals surface area contributed by atoms with Crippen molar-refractivity contribution < 1.29 is 17.1 Å². The molecule has 0 saturated heterocycles. The Morgan fingerprint density at radius 3 is 1.20 bits per heavy atom. The molecule has 0 nitrogen and oxygen atoms in total. The van der Waals surface area contributed by atoms with Crippen LogP contribution in [-0.2, 0) is 17.1 Å². The Morgan fingerprint density at radius 1 is 0.533 bits per heavy atom. The summed E-state index contributed by atoms with van der Waals surface area (Å²) in [5.74, 6) is 0. The number of hydrogen-bond donors (Lipinski definition) is 0. The van der Waals surface area contributed by atoms with Crippen molar-refractivity contribution in [2.24, 2.45) is 0 Å². The summed E-state index contributed by atoms with van der Waals surface area (Å²) in [7, 11) is 0. The smallest absolute Gasteiger partial charge is 0 e. The zero-order valence-corrected chi connectivity index (χ0v) is 9.39. The molecule has 0 saturated carbocycles. The summed E-state index contributed by atoms with van der Waals surface area (Å²) in [6.45, 7) is 0. The average Bonchev–Trinajstić information content (AvgIpc) is 2.29. The van der Waals surface area contributed by atoms with Gasteiger partial charge in [0.15, 0.2) is 0 Å². The van der Waals surface area contributed by atoms with Gasteiger partial charge in [-0.15, -0.1) is 0 Å². The Balaban J connectivity index is 0.00000112. The molecule has 2 rings (SSSR count). The van der Waals surface area contributed by atoms with Crippen molar-refractivity contribution in [3.05, 3.63) is 71.8 Å². The van der Waals surface area contributed by atoms with Crippen LogP contribution >= 0.6 is 0 Å². The van der Waals surface area contributed by atoms with Crippen LogP contribution in [0.2, 0.25) is 0 Å². The molecule has 0 amide bonds. The van der Waals surface area contributed by atoms with Crippen LogP contribution < -0.4 is 0 Å². The van der Waals surface area contributed by atoms with Gasteiger partial charge in [0.25, 0.3) is 0 Å². The van der Waals surface area contributed by atoms with E-state index in [0.717, 1.165) is 0 Å². The van der Waals surface area contributed by atoms with Gasteiger partial charge in [-0.25, -0.2) is 0 Å². The van der Waals surface area contributed by atoms with Crippen molar-refractivity contribution in [1.29, 1.82) is 0 Å². The van der Waals surface area contributed by atoms with Crippen molar-refractivity contribution in [3.8, 4) is 0 Å². The van der Waals surface area contributed by atoms with Gasteiger partial charge in [0.1, 0.15) is 0 Å². The quantitative estimate of drug-likeness (QED) is 0.548. The molecule has 2 aromatic rings. The summed E-state index contributed by atoms with van der Waals surface area (Å²) >= 11 is 0. The fourth-order valence-electron chi connectivity index (χ4n) is 1.32. The third-order valence-electron chi connectivity index (χ3n) is 2.07. The van der Waals surface area contributed by atoms with Gasteiger partial charge in [0.05, 0.1) is 0 Å². The predicted octanol–water partition coefficient (Wildman–Crippen LogP) is 3.85. The Bertz CT molecular complexity index is 362. The largest absolute Gasteiger partial charge is 0.0622 e. The fourth-order valence-corrected chi connectivity index (χ4v) is 1.32. The molecule has 15 heavy (non-hydrogen) atoms. The maximum atomic E-state index is 2.12. The van der Waals surface area contributed by atoms with E-state index >= 15 is 0 Å². The van der Waals surface area contributed by atoms with Crippen molar-refractivity contribution >= 4 is 12.2 Å². The maximum Gasteiger partial charge on any atom is 0 e. The first kappa shape index (κ1) is 11.8. The molecule has 0 N–H and O–H groups in total. The number of hydrogen-bond acceptors (Lipinski definition) is 0. The van der Waals surface area contributed by atoms with Gasteiger partial charge in [0, 0.05) is 17.1 Å². The standard InChI is InChI=1S/C14H12.Fe/c1-3-7-13(8-4-1)11-12-14-9-5-2-6-10-14;/h1-12H;. The Morgan fingerprint density at radius 2 is 0.867 bits per heavy atom. The zero-order chi connectivity index (χ0) is 9.64. The van der Waals surface area contributed by atoms with Gasteiger partial charge < -0.3 is 0 Å². The van der Waals surface area contributed by atoms with Gasteiger partial charge >= 0.3 is 0 Å². The number of benzene rings is 2. The summed E-state index contributed by atoms with van der Waals surface area (Å²) < 4.78 is 0. The normalized spacial score (nSPS) is 9.87. The van der Waals surface area contributed by atoms with Crippen LogP contribution in [0.1, 0.15) is 11.1 Å². The summed E-state index contributed by atoms with van der Waals surface area (Å²) in [5.41, 5.74) is 2.47. The topological polar surface area (TPSA) is 0 Å². The summed E-state index contributed by atoms with van der Waals surface area (Å²) in [5, 5.41) is 0. The molecule has 2 aromatic carbocycles. The van der Waals surface area contributed by atoms with E-state index in [-0.39, 0.29) is 17.1 Å². The molecule has 0 fully saturated rings. The third kappa shape index (κ3) is 3.75. The Labute approximate surface area is 101 Å². The Kier molecular flexibility index (Phi) is 4.89. The molecule has 0 aliphatic heterocycles. The van der Waals surface area contributed by atoms with Gasteiger partial charge in [-0.2, -0.15) is 0 Å². The molecule has 0 aliphatic carbocycles. The van der Waals surface area contributed by atoms with Gasteiger partial charge in [0.2, 0.25) is 0 Å². The second kappa shape index (κ2) is 6.23. The molecule has 0 aromatic heterocycles. The molecule has 0 unspecified atom stereocenters. The van der Waals surface area contributed by atoms with Crippen molar-refractivity contribution in [2.45, 2.75) is 0 Å². The van der Waals surface area contributed by atoms with Crippen LogP contribution in [0.4, 0.5) is 0 Å². The van der Waals surface area contributed by atoms with E-state index in [4.69, 9.17) is 0 Å². The number of rotatable bonds is 2. The minimum absolute atomic E-state index is 0.